The molecule has 110 valence electrons. The Labute approximate surface area is 116 Å². The summed E-state index contributed by atoms with van der Waals surface area (Å²) < 4.78 is 0. The lowest BCUT2D eigenvalue weighted by atomic mass is 9.78. The zero-order valence-electron chi connectivity index (χ0n) is 12.2. The Morgan fingerprint density at radius 2 is 1.95 bits per heavy atom. The number of amides is 1. The second-order valence-electron chi connectivity index (χ2n) is 6.27. The fourth-order valence-corrected chi connectivity index (χ4v) is 3.28. The summed E-state index contributed by atoms with van der Waals surface area (Å²) in [6.07, 6.45) is 7.47. The Balaban J connectivity index is 1.66. The van der Waals surface area contributed by atoms with Gasteiger partial charge in [0.25, 0.3) is 0 Å². The standard InChI is InChI=1S/C15H28N2O2/c1-2-13-5-7-15(19,8-6-13)12-16-11-14(18)17-9-3-4-10-17/h13,16,19H,2-12H2,1H3. The van der Waals surface area contributed by atoms with Crippen LogP contribution in [0.15, 0.2) is 0 Å². The van der Waals surface area contributed by atoms with Gasteiger partial charge in [-0.3, -0.25) is 4.79 Å². The number of nitrogens with one attached hydrogen (secondary N) is 1. The molecule has 19 heavy (non-hydrogen) atoms. The highest BCUT2D eigenvalue weighted by Gasteiger charge is 2.32. The molecular weight excluding hydrogens is 240 g/mol. The summed E-state index contributed by atoms with van der Waals surface area (Å²) in [5.74, 6) is 0.967. The van der Waals surface area contributed by atoms with Gasteiger partial charge in [0.15, 0.2) is 0 Å². The molecule has 1 aliphatic carbocycles. The predicted octanol–water partition coefficient (Wildman–Crippen LogP) is 1.53. The number of aliphatic hydroxyl groups is 1. The summed E-state index contributed by atoms with van der Waals surface area (Å²) in [4.78, 5) is 13.8. The lowest BCUT2D eigenvalue weighted by molar-refractivity contribution is -0.129. The number of nitrogens with zero attached hydrogens (tertiary/aromatic N) is 1. The van der Waals surface area contributed by atoms with Crippen LogP contribution in [0.4, 0.5) is 0 Å². The van der Waals surface area contributed by atoms with Gasteiger partial charge in [-0.15, -0.1) is 0 Å². The Morgan fingerprint density at radius 3 is 2.53 bits per heavy atom. The van der Waals surface area contributed by atoms with Gasteiger partial charge < -0.3 is 15.3 Å². The number of likely N-dealkylation sites (tertiary alicyclic amines) is 1. The van der Waals surface area contributed by atoms with E-state index in [1.165, 1.54) is 6.42 Å². The average Bonchev–Trinajstić information content (AvgIpc) is 2.93. The van der Waals surface area contributed by atoms with E-state index in [1.807, 2.05) is 4.90 Å². The molecule has 1 aliphatic heterocycles. The average molecular weight is 268 g/mol. The van der Waals surface area contributed by atoms with Crippen LogP contribution in [0.25, 0.3) is 0 Å². The molecule has 1 heterocycles. The fourth-order valence-electron chi connectivity index (χ4n) is 3.28. The molecule has 0 bridgehead atoms. The Morgan fingerprint density at radius 1 is 1.32 bits per heavy atom. The van der Waals surface area contributed by atoms with Crippen LogP contribution in [0.2, 0.25) is 0 Å². The third-order valence-corrected chi connectivity index (χ3v) is 4.80. The van der Waals surface area contributed by atoms with Gasteiger partial charge in [-0.05, 0) is 44.4 Å². The van der Waals surface area contributed by atoms with Crippen molar-refractivity contribution in [2.24, 2.45) is 5.92 Å². The molecule has 1 saturated carbocycles. The first-order valence-corrected chi connectivity index (χ1v) is 7.84. The Hall–Kier alpha value is -0.610. The molecule has 0 aromatic heterocycles. The van der Waals surface area contributed by atoms with Gasteiger partial charge in [-0.1, -0.05) is 13.3 Å². The van der Waals surface area contributed by atoms with E-state index >= 15 is 0 Å². The zero-order chi connectivity index (χ0) is 13.7. The van der Waals surface area contributed by atoms with Crippen LogP contribution in [-0.4, -0.2) is 47.7 Å². The van der Waals surface area contributed by atoms with Gasteiger partial charge in [0.2, 0.25) is 5.91 Å². The van der Waals surface area contributed by atoms with Crippen LogP contribution in [0, 0.1) is 5.92 Å². The van der Waals surface area contributed by atoms with Crippen molar-refractivity contribution in [3.05, 3.63) is 0 Å². The van der Waals surface area contributed by atoms with E-state index in [-0.39, 0.29) is 5.91 Å². The van der Waals surface area contributed by atoms with Gasteiger partial charge in [-0.25, -0.2) is 0 Å². The van der Waals surface area contributed by atoms with Crippen LogP contribution < -0.4 is 5.32 Å². The molecule has 4 heteroatoms. The van der Waals surface area contributed by atoms with Gasteiger partial charge in [0, 0.05) is 19.6 Å². The van der Waals surface area contributed by atoms with Crippen molar-refractivity contribution in [2.45, 2.75) is 57.5 Å². The molecule has 1 saturated heterocycles. The molecule has 2 rings (SSSR count). The number of hydrogen-bond donors (Lipinski definition) is 2. The first-order chi connectivity index (χ1) is 9.13. The van der Waals surface area contributed by atoms with Crippen molar-refractivity contribution >= 4 is 5.91 Å². The maximum Gasteiger partial charge on any atom is 0.236 e. The van der Waals surface area contributed by atoms with Crippen LogP contribution in [0.3, 0.4) is 0 Å². The van der Waals surface area contributed by atoms with E-state index in [4.69, 9.17) is 0 Å². The number of carbonyl (C=O) groups excluding carboxylic acids is 1. The van der Waals surface area contributed by atoms with Crippen molar-refractivity contribution in [1.29, 1.82) is 0 Å². The van der Waals surface area contributed by atoms with E-state index < -0.39 is 5.60 Å². The number of hydrogen-bond acceptors (Lipinski definition) is 3. The molecule has 0 unspecified atom stereocenters. The lowest BCUT2D eigenvalue weighted by Gasteiger charge is -2.36. The minimum absolute atomic E-state index is 0.184. The summed E-state index contributed by atoms with van der Waals surface area (Å²) in [7, 11) is 0. The number of carbonyl (C=O) groups is 1. The molecule has 0 radical (unpaired) electrons. The monoisotopic (exact) mass is 268 g/mol. The Kier molecular flexibility index (Phi) is 5.22. The second-order valence-corrected chi connectivity index (χ2v) is 6.27. The summed E-state index contributed by atoms with van der Waals surface area (Å²) >= 11 is 0. The highest BCUT2D eigenvalue weighted by atomic mass is 16.3. The minimum Gasteiger partial charge on any atom is -0.389 e. The predicted molar refractivity (Wildman–Crippen MR) is 75.9 cm³/mol. The smallest absolute Gasteiger partial charge is 0.236 e. The van der Waals surface area contributed by atoms with Gasteiger partial charge in [0.05, 0.1) is 12.1 Å². The Bertz CT molecular complexity index is 293. The highest BCUT2D eigenvalue weighted by molar-refractivity contribution is 5.78. The minimum atomic E-state index is -0.586. The molecular formula is C15H28N2O2. The summed E-state index contributed by atoms with van der Waals surface area (Å²) in [5, 5.41) is 13.6. The first-order valence-electron chi connectivity index (χ1n) is 7.84. The quantitative estimate of drug-likeness (QED) is 0.795. The summed E-state index contributed by atoms with van der Waals surface area (Å²) in [5.41, 5.74) is -0.586. The molecule has 2 aliphatic rings. The topological polar surface area (TPSA) is 52.6 Å². The largest absolute Gasteiger partial charge is 0.389 e. The van der Waals surface area contributed by atoms with Crippen molar-refractivity contribution in [3.8, 4) is 0 Å². The molecule has 0 spiro atoms. The fraction of sp³-hybridized carbons (Fsp3) is 0.933. The maximum atomic E-state index is 11.9. The third-order valence-electron chi connectivity index (χ3n) is 4.80. The highest BCUT2D eigenvalue weighted by Crippen LogP contribution is 2.33. The van der Waals surface area contributed by atoms with Crippen molar-refractivity contribution < 1.29 is 9.90 Å². The molecule has 0 aromatic carbocycles. The van der Waals surface area contributed by atoms with Crippen molar-refractivity contribution in [3.63, 3.8) is 0 Å². The maximum absolute atomic E-state index is 11.9. The third kappa shape index (κ3) is 4.18. The van der Waals surface area contributed by atoms with Crippen LogP contribution in [0.1, 0.15) is 51.9 Å². The van der Waals surface area contributed by atoms with Crippen molar-refractivity contribution in [2.75, 3.05) is 26.2 Å². The normalized spacial score (nSPS) is 31.7. The summed E-state index contributed by atoms with van der Waals surface area (Å²) in [6.45, 7) is 4.97. The van der Waals surface area contributed by atoms with Gasteiger partial charge >= 0.3 is 0 Å². The molecule has 0 atom stereocenters. The van der Waals surface area contributed by atoms with Crippen LogP contribution in [-0.2, 0) is 4.79 Å². The van der Waals surface area contributed by atoms with Gasteiger partial charge in [-0.2, -0.15) is 0 Å². The van der Waals surface area contributed by atoms with E-state index in [9.17, 15) is 9.90 Å². The van der Waals surface area contributed by atoms with E-state index in [0.717, 1.165) is 57.5 Å². The van der Waals surface area contributed by atoms with Gasteiger partial charge in [0.1, 0.15) is 0 Å². The van der Waals surface area contributed by atoms with Crippen LogP contribution in [0.5, 0.6) is 0 Å². The second kappa shape index (κ2) is 6.71. The first kappa shape index (κ1) is 14.8. The SMILES string of the molecule is CCC1CCC(O)(CNCC(=O)N2CCCC2)CC1. The van der Waals surface area contributed by atoms with E-state index in [2.05, 4.69) is 12.2 Å². The zero-order valence-corrected chi connectivity index (χ0v) is 12.2. The van der Waals surface area contributed by atoms with Crippen LogP contribution >= 0.6 is 0 Å². The molecule has 1 amide bonds. The van der Waals surface area contributed by atoms with Crippen molar-refractivity contribution in [1.82, 2.24) is 10.2 Å². The summed E-state index contributed by atoms with van der Waals surface area (Å²) in [6, 6.07) is 0. The molecule has 2 fully saturated rings. The molecule has 0 aromatic rings. The lowest BCUT2D eigenvalue weighted by Crippen LogP contribution is -2.46. The van der Waals surface area contributed by atoms with E-state index in [1.54, 1.807) is 0 Å². The number of rotatable bonds is 5. The molecule has 2 N–H and O–H groups in total. The molecule has 4 nitrogen and oxygen atoms in total. The van der Waals surface area contributed by atoms with E-state index in [0.29, 0.717) is 13.1 Å².